The van der Waals surface area contributed by atoms with Gasteiger partial charge in [-0.15, -0.1) is 12.4 Å². The first-order valence-electron chi connectivity index (χ1n) is 11.8. The number of rotatable bonds is 8. The molecule has 1 spiro atoms. The second-order valence-corrected chi connectivity index (χ2v) is 10.7. The summed E-state index contributed by atoms with van der Waals surface area (Å²) in [6, 6.07) is 9.09. The van der Waals surface area contributed by atoms with Crippen molar-refractivity contribution in [2.45, 2.75) is 48.1 Å². The van der Waals surface area contributed by atoms with Crippen LogP contribution in [0.25, 0.3) is 0 Å². The van der Waals surface area contributed by atoms with Crippen LogP contribution in [0.2, 0.25) is 0 Å². The van der Waals surface area contributed by atoms with Gasteiger partial charge in [-0.3, -0.25) is 0 Å². The van der Waals surface area contributed by atoms with Gasteiger partial charge in [0.15, 0.2) is 0 Å². The van der Waals surface area contributed by atoms with Crippen LogP contribution in [-0.2, 0) is 12.6 Å². The number of benzene rings is 2. The van der Waals surface area contributed by atoms with Crippen molar-refractivity contribution in [1.29, 1.82) is 0 Å². The van der Waals surface area contributed by atoms with Gasteiger partial charge in [-0.25, -0.2) is 0 Å². The fourth-order valence-electron chi connectivity index (χ4n) is 5.13. The number of alkyl halides is 3. The van der Waals surface area contributed by atoms with Crippen molar-refractivity contribution in [3.63, 3.8) is 0 Å². The number of fused-ring (bicyclic) bond motifs is 2. The summed E-state index contributed by atoms with van der Waals surface area (Å²) in [5.74, 6) is 0. The summed E-state index contributed by atoms with van der Waals surface area (Å²) in [5.41, 5.74) is 9.35. The molecule has 9 heteroatoms. The van der Waals surface area contributed by atoms with E-state index in [1.165, 1.54) is 54.4 Å². The van der Waals surface area contributed by atoms with E-state index in [1.54, 1.807) is 0 Å². The fourth-order valence-corrected chi connectivity index (χ4v) is 6.31. The lowest BCUT2D eigenvalue weighted by molar-refractivity contribution is -0.137. The zero-order valence-electron chi connectivity index (χ0n) is 19.1. The maximum atomic E-state index is 13.6. The third-order valence-electron chi connectivity index (χ3n) is 7.17. The Labute approximate surface area is 209 Å². The third kappa shape index (κ3) is 5.15. The fraction of sp³-hybridized carbons (Fsp3) is 0.520. The van der Waals surface area contributed by atoms with Gasteiger partial charge in [0.1, 0.15) is 0 Å². The summed E-state index contributed by atoms with van der Waals surface area (Å²) < 4.78 is 40.9. The number of halogens is 4. The molecule has 1 saturated carbocycles. The van der Waals surface area contributed by atoms with Gasteiger partial charge < -0.3 is 21.3 Å². The molecule has 1 aliphatic carbocycles. The average molecular weight is 513 g/mol. The van der Waals surface area contributed by atoms with Crippen molar-refractivity contribution in [3.05, 3.63) is 47.0 Å². The number of nitrogens with two attached hydrogens (primary N) is 1. The van der Waals surface area contributed by atoms with Gasteiger partial charge in [0.2, 0.25) is 0 Å². The van der Waals surface area contributed by atoms with Crippen LogP contribution >= 0.6 is 24.2 Å². The van der Waals surface area contributed by atoms with Gasteiger partial charge in [-0.1, -0.05) is 24.2 Å². The van der Waals surface area contributed by atoms with Crippen molar-refractivity contribution in [2.75, 3.05) is 49.5 Å². The molecule has 0 radical (unpaired) electrons. The Bertz CT molecular complexity index is 1020. The zero-order chi connectivity index (χ0) is 23.1. The molecule has 4 N–H and O–H groups in total. The van der Waals surface area contributed by atoms with E-state index >= 15 is 0 Å². The monoisotopic (exact) mass is 512 g/mol. The van der Waals surface area contributed by atoms with Crippen LogP contribution in [-0.4, -0.2) is 39.3 Å². The lowest BCUT2D eigenvalue weighted by atomic mass is 9.63. The predicted octanol–water partition coefficient (Wildman–Crippen LogP) is 5.52. The first kappa shape index (κ1) is 25.5. The molecule has 34 heavy (non-hydrogen) atoms. The summed E-state index contributed by atoms with van der Waals surface area (Å²) in [7, 11) is 0. The highest BCUT2D eigenvalue weighted by Gasteiger charge is 2.47. The molecule has 186 valence electrons. The topological polar surface area (TPSA) is 53.3 Å². The standard InChI is InChI=1S/C25H31F3N4S.ClH/c26-25(27,28)18-12-21(31-9-2-8-30-10-7-29)20-11-17-3-4-19(14-22(17)33-23(20)13-18)32-15-24(16-32)5-1-6-24;/h3-4,12-14,30-31H,1-2,5-11,15-16,29H2;1H. The molecule has 1 saturated heterocycles. The van der Waals surface area contributed by atoms with E-state index in [9.17, 15) is 13.2 Å². The Hall–Kier alpha value is -1.61. The van der Waals surface area contributed by atoms with Crippen LogP contribution in [0.1, 0.15) is 42.4 Å². The zero-order valence-corrected chi connectivity index (χ0v) is 20.8. The van der Waals surface area contributed by atoms with E-state index in [-0.39, 0.29) is 12.4 Å². The first-order chi connectivity index (χ1) is 15.9. The van der Waals surface area contributed by atoms with Crippen LogP contribution in [0, 0.1) is 5.41 Å². The average Bonchev–Trinajstić information content (AvgIpc) is 2.72. The molecule has 5 rings (SSSR count). The summed E-state index contributed by atoms with van der Waals surface area (Å²) in [5, 5.41) is 6.49. The maximum Gasteiger partial charge on any atom is 0.416 e. The van der Waals surface area contributed by atoms with E-state index < -0.39 is 11.7 Å². The molecule has 0 aromatic heterocycles. The Balaban J connectivity index is 0.00000274. The SMILES string of the molecule is Cl.NCCNCCCNc1cc(C(F)(F)F)cc2c1Cc1ccc(N3CC4(CCC4)C3)cc1S2. The highest BCUT2D eigenvalue weighted by Crippen LogP contribution is 2.51. The largest absolute Gasteiger partial charge is 0.416 e. The molecular formula is C25H32ClF3N4S. The van der Waals surface area contributed by atoms with Crippen molar-refractivity contribution >= 4 is 35.5 Å². The molecule has 2 aromatic carbocycles. The number of nitrogens with zero attached hydrogens (tertiary/aromatic N) is 1. The van der Waals surface area contributed by atoms with Crippen molar-refractivity contribution < 1.29 is 13.2 Å². The smallest absolute Gasteiger partial charge is 0.385 e. The van der Waals surface area contributed by atoms with Gasteiger partial charge in [-0.2, -0.15) is 13.2 Å². The van der Waals surface area contributed by atoms with Gasteiger partial charge in [0, 0.05) is 65.7 Å². The summed E-state index contributed by atoms with van der Waals surface area (Å²) in [4.78, 5) is 4.19. The molecular weight excluding hydrogens is 481 g/mol. The number of hydrogen-bond donors (Lipinski definition) is 3. The minimum Gasteiger partial charge on any atom is -0.385 e. The van der Waals surface area contributed by atoms with Crippen LogP contribution in [0.15, 0.2) is 40.1 Å². The lowest BCUT2D eigenvalue weighted by Gasteiger charge is -2.57. The Morgan fingerprint density at radius 1 is 1.03 bits per heavy atom. The van der Waals surface area contributed by atoms with E-state index in [2.05, 4.69) is 33.7 Å². The molecule has 2 heterocycles. The predicted molar refractivity (Wildman–Crippen MR) is 136 cm³/mol. The van der Waals surface area contributed by atoms with E-state index in [4.69, 9.17) is 5.73 Å². The van der Waals surface area contributed by atoms with Crippen LogP contribution in [0.5, 0.6) is 0 Å². The molecule has 3 aliphatic rings. The molecule has 2 fully saturated rings. The third-order valence-corrected chi connectivity index (χ3v) is 8.36. The second-order valence-electron chi connectivity index (χ2n) is 9.60. The number of hydrogen-bond acceptors (Lipinski definition) is 5. The van der Waals surface area contributed by atoms with Gasteiger partial charge in [0.25, 0.3) is 0 Å². The summed E-state index contributed by atoms with van der Waals surface area (Å²) in [6.45, 7) is 4.93. The van der Waals surface area contributed by atoms with E-state index in [0.717, 1.165) is 43.1 Å². The molecule has 4 nitrogen and oxygen atoms in total. The molecule has 0 unspecified atom stereocenters. The molecule has 0 atom stereocenters. The number of nitrogens with one attached hydrogen (secondary N) is 2. The lowest BCUT2D eigenvalue weighted by Crippen LogP contribution is -2.59. The maximum absolute atomic E-state index is 13.6. The van der Waals surface area contributed by atoms with Crippen molar-refractivity contribution in [2.24, 2.45) is 11.1 Å². The summed E-state index contributed by atoms with van der Waals surface area (Å²) >= 11 is 1.47. The Kier molecular flexibility index (Phi) is 7.62. The van der Waals surface area contributed by atoms with E-state index in [1.807, 2.05) is 0 Å². The highest BCUT2D eigenvalue weighted by molar-refractivity contribution is 7.99. The van der Waals surface area contributed by atoms with Crippen LogP contribution in [0.3, 0.4) is 0 Å². The Morgan fingerprint density at radius 2 is 1.82 bits per heavy atom. The first-order valence-corrected chi connectivity index (χ1v) is 12.6. The van der Waals surface area contributed by atoms with Crippen molar-refractivity contribution in [3.8, 4) is 0 Å². The minimum atomic E-state index is -4.37. The number of anilines is 2. The van der Waals surface area contributed by atoms with Gasteiger partial charge in [-0.05, 0) is 61.2 Å². The molecule has 2 aliphatic heterocycles. The quantitative estimate of drug-likeness (QED) is 0.347. The minimum absolute atomic E-state index is 0. The summed E-state index contributed by atoms with van der Waals surface area (Å²) in [6.07, 6.45) is 1.09. The van der Waals surface area contributed by atoms with Gasteiger partial charge in [0.05, 0.1) is 5.56 Å². The molecule has 0 amide bonds. The van der Waals surface area contributed by atoms with E-state index in [0.29, 0.717) is 35.5 Å². The van der Waals surface area contributed by atoms with Crippen LogP contribution in [0.4, 0.5) is 24.5 Å². The Morgan fingerprint density at radius 3 is 2.50 bits per heavy atom. The molecule has 0 bridgehead atoms. The molecule has 2 aromatic rings. The second kappa shape index (κ2) is 10.2. The normalized spacial score (nSPS) is 17.8. The van der Waals surface area contributed by atoms with Crippen LogP contribution < -0.4 is 21.3 Å². The highest BCUT2D eigenvalue weighted by atomic mass is 35.5. The van der Waals surface area contributed by atoms with Gasteiger partial charge >= 0.3 is 6.18 Å². The van der Waals surface area contributed by atoms with Crippen molar-refractivity contribution in [1.82, 2.24) is 5.32 Å².